The number of urea groups is 1. The maximum absolute atomic E-state index is 11.7. The van der Waals surface area contributed by atoms with Crippen LogP contribution < -0.4 is 10.6 Å². The van der Waals surface area contributed by atoms with Crippen molar-refractivity contribution < 1.29 is 19.4 Å². The molecule has 21 heavy (non-hydrogen) atoms. The van der Waals surface area contributed by atoms with Gasteiger partial charge in [-0.05, 0) is 30.5 Å². The second-order valence-corrected chi connectivity index (χ2v) is 5.40. The molecule has 0 fully saturated rings. The number of aliphatic carboxylic acids is 1. The smallest absolute Gasteiger partial charge is 0.326 e. The summed E-state index contributed by atoms with van der Waals surface area (Å²) < 4.78 is 5.79. The van der Waals surface area contributed by atoms with E-state index in [1.54, 1.807) is 7.11 Å². The van der Waals surface area contributed by atoms with Crippen LogP contribution in [-0.4, -0.2) is 36.9 Å². The van der Waals surface area contributed by atoms with Gasteiger partial charge in [-0.15, -0.1) is 0 Å². The van der Waals surface area contributed by atoms with Crippen molar-refractivity contribution in [2.75, 3.05) is 13.7 Å². The minimum atomic E-state index is -1.05. The topological polar surface area (TPSA) is 87.7 Å². The Kier molecular flexibility index (Phi) is 7.78. The standard InChI is InChI=1S/C14H19BrN2O4/c1-21-7-3-6-12(13(18)19)17-14(20)16-9-10-4-2-5-11(15)8-10/h2,4-5,8,12H,3,6-7,9H2,1H3,(H,18,19)(H2,16,17,20). The minimum Gasteiger partial charge on any atom is -0.480 e. The van der Waals surface area contributed by atoms with E-state index in [1.165, 1.54) is 0 Å². The molecule has 0 saturated carbocycles. The molecule has 0 aliphatic heterocycles. The molecule has 1 rings (SSSR count). The molecule has 2 amide bonds. The second kappa shape index (κ2) is 9.36. The fourth-order valence-corrected chi connectivity index (χ4v) is 2.17. The van der Waals surface area contributed by atoms with Gasteiger partial charge in [-0.2, -0.15) is 0 Å². The molecule has 1 aromatic rings. The van der Waals surface area contributed by atoms with Gasteiger partial charge in [0.25, 0.3) is 0 Å². The van der Waals surface area contributed by atoms with Crippen LogP contribution in [0.3, 0.4) is 0 Å². The van der Waals surface area contributed by atoms with E-state index in [1.807, 2.05) is 24.3 Å². The lowest BCUT2D eigenvalue weighted by Crippen LogP contribution is -2.45. The molecular weight excluding hydrogens is 340 g/mol. The number of ether oxygens (including phenoxy) is 1. The van der Waals surface area contributed by atoms with Crippen LogP contribution in [-0.2, 0) is 16.1 Å². The first-order valence-corrected chi connectivity index (χ1v) is 7.32. The van der Waals surface area contributed by atoms with Gasteiger partial charge in [0.1, 0.15) is 6.04 Å². The number of carbonyl (C=O) groups excluding carboxylic acids is 1. The lowest BCUT2D eigenvalue weighted by molar-refractivity contribution is -0.139. The van der Waals surface area contributed by atoms with Gasteiger partial charge in [0.15, 0.2) is 0 Å². The van der Waals surface area contributed by atoms with Gasteiger partial charge in [0.05, 0.1) is 0 Å². The number of hydrogen-bond acceptors (Lipinski definition) is 3. The highest BCUT2D eigenvalue weighted by Crippen LogP contribution is 2.11. The van der Waals surface area contributed by atoms with Gasteiger partial charge in [0, 0.05) is 24.7 Å². The van der Waals surface area contributed by atoms with E-state index < -0.39 is 18.0 Å². The fraction of sp³-hybridized carbons (Fsp3) is 0.429. The number of rotatable bonds is 8. The normalized spacial score (nSPS) is 11.7. The summed E-state index contributed by atoms with van der Waals surface area (Å²) in [7, 11) is 1.55. The molecule has 0 aliphatic carbocycles. The Hall–Kier alpha value is -1.60. The van der Waals surface area contributed by atoms with Crippen LogP contribution in [0.2, 0.25) is 0 Å². The number of amides is 2. The number of nitrogens with one attached hydrogen (secondary N) is 2. The summed E-state index contributed by atoms with van der Waals surface area (Å²) in [6.07, 6.45) is 0.896. The zero-order chi connectivity index (χ0) is 15.7. The number of carboxylic acid groups (broad SMARTS) is 1. The zero-order valence-corrected chi connectivity index (χ0v) is 13.4. The SMILES string of the molecule is COCCCC(NC(=O)NCc1cccc(Br)c1)C(=O)O. The maximum Gasteiger partial charge on any atom is 0.326 e. The van der Waals surface area contributed by atoms with E-state index in [-0.39, 0.29) is 0 Å². The average molecular weight is 359 g/mol. The molecule has 7 heteroatoms. The molecule has 0 radical (unpaired) electrons. The van der Waals surface area contributed by atoms with Crippen LogP contribution in [0.5, 0.6) is 0 Å². The molecule has 0 bridgehead atoms. The molecule has 0 spiro atoms. The minimum absolute atomic E-state index is 0.327. The fourth-order valence-electron chi connectivity index (χ4n) is 1.73. The highest BCUT2D eigenvalue weighted by molar-refractivity contribution is 9.10. The van der Waals surface area contributed by atoms with Crippen LogP contribution in [0.4, 0.5) is 4.79 Å². The highest BCUT2D eigenvalue weighted by Gasteiger charge is 2.19. The summed E-state index contributed by atoms with van der Waals surface area (Å²) in [5, 5.41) is 14.1. The summed E-state index contributed by atoms with van der Waals surface area (Å²) >= 11 is 3.35. The Balaban J connectivity index is 2.41. The summed E-state index contributed by atoms with van der Waals surface area (Å²) in [6.45, 7) is 0.792. The summed E-state index contributed by atoms with van der Waals surface area (Å²) in [4.78, 5) is 22.8. The Bertz CT molecular complexity index is 482. The van der Waals surface area contributed by atoms with Crippen molar-refractivity contribution in [1.29, 1.82) is 0 Å². The largest absolute Gasteiger partial charge is 0.480 e. The average Bonchev–Trinajstić information content (AvgIpc) is 2.44. The molecule has 1 aromatic carbocycles. The number of benzene rings is 1. The van der Waals surface area contributed by atoms with Crippen molar-refractivity contribution in [3.63, 3.8) is 0 Å². The Morgan fingerprint density at radius 1 is 1.43 bits per heavy atom. The van der Waals surface area contributed by atoms with Gasteiger partial charge in [-0.25, -0.2) is 9.59 Å². The first-order chi connectivity index (χ1) is 10.0. The lowest BCUT2D eigenvalue weighted by atomic mass is 10.1. The van der Waals surface area contributed by atoms with Gasteiger partial charge < -0.3 is 20.5 Å². The molecule has 0 aromatic heterocycles. The Labute approximate surface area is 132 Å². The number of methoxy groups -OCH3 is 1. The van der Waals surface area contributed by atoms with E-state index in [0.29, 0.717) is 26.0 Å². The highest BCUT2D eigenvalue weighted by atomic mass is 79.9. The first-order valence-electron chi connectivity index (χ1n) is 6.53. The van der Waals surface area contributed by atoms with Gasteiger partial charge in [-0.1, -0.05) is 28.1 Å². The van der Waals surface area contributed by atoms with E-state index in [0.717, 1.165) is 10.0 Å². The van der Waals surface area contributed by atoms with Crippen molar-refractivity contribution in [3.8, 4) is 0 Å². The molecule has 1 atom stereocenters. The van der Waals surface area contributed by atoms with Gasteiger partial charge >= 0.3 is 12.0 Å². The molecule has 0 saturated heterocycles. The number of hydrogen-bond donors (Lipinski definition) is 3. The molecule has 6 nitrogen and oxygen atoms in total. The van der Waals surface area contributed by atoms with E-state index >= 15 is 0 Å². The first kappa shape index (κ1) is 17.5. The van der Waals surface area contributed by atoms with Crippen LogP contribution in [0.1, 0.15) is 18.4 Å². The predicted molar refractivity (Wildman–Crippen MR) is 82.0 cm³/mol. The molecule has 1 unspecified atom stereocenters. The third kappa shape index (κ3) is 7.10. The Morgan fingerprint density at radius 2 is 2.19 bits per heavy atom. The van der Waals surface area contributed by atoms with Crippen LogP contribution >= 0.6 is 15.9 Å². The van der Waals surface area contributed by atoms with Crippen molar-refractivity contribution in [1.82, 2.24) is 10.6 Å². The number of carbonyl (C=O) groups is 2. The van der Waals surface area contributed by atoms with E-state index in [4.69, 9.17) is 9.84 Å². The maximum atomic E-state index is 11.7. The predicted octanol–water partition coefficient (Wildman–Crippen LogP) is 2.13. The van der Waals surface area contributed by atoms with Gasteiger partial charge in [-0.3, -0.25) is 0 Å². The summed E-state index contributed by atoms with van der Waals surface area (Å²) in [6, 6.07) is 6.10. The van der Waals surface area contributed by atoms with Crippen LogP contribution in [0.15, 0.2) is 28.7 Å². The van der Waals surface area contributed by atoms with Crippen LogP contribution in [0.25, 0.3) is 0 Å². The van der Waals surface area contributed by atoms with E-state index in [2.05, 4.69) is 26.6 Å². The summed E-state index contributed by atoms with van der Waals surface area (Å²) in [5.41, 5.74) is 0.922. The third-order valence-corrected chi connectivity index (χ3v) is 3.28. The van der Waals surface area contributed by atoms with Crippen molar-refractivity contribution >= 4 is 27.9 Å². The van der Waals surface area contributed by atoms with E-state index in [9.17, 15) is 9.59 Å². The number of carboxylic acids is 1. The van der Waals surface area contributed by atoms with Crippen molar-refractivity contribution in [2.45, 2.75) is 25.4 Å². The van der Waals surface area contributed by atoms with Gasteiger partial charge in [0.2, 0.25) is 0 Å². The third-order valence-electron chi connectivity index (χ3n) is 2.79. The zero-order valence-electron chi connectivity index (χ0n) is 11.8. The lowest BCUT2D eigenvalue weighted by Gasteiger charge is -2.15. The van der Waals surface area contributed by atoms with Crippen molar-refractivity contribution in [2.24, 2.45) is 0 Å². The number of halogens is 1. The monoisotopic (exact) mass is 358 g/mol. The Morgan fingerprint density at radius 3 is 2.81 bits per heavy atom. The van der Waals surface area contributed by atoms with Crippen molar-refractivity contribution in [3.05, 3.63) is 34.3 Å². The molecular formula is C14H19BrN2O4. The molecule has 0 heterocycles. The molecule has 3 N–H and O–H groups in total. The second-order valence-electron chi connectivity index (χ2n) is 4.48. The molecule has 0 aliphatic rings. The quantitative estimate of drug-likeness (QED) is 0.621. The van der Waals surface area contributed by atoms with Crippen LogP contribution in [0, 0.1) is 0 Å². The summed E-state index contributed by atoms with van der Waals surface area (Å²) in [5.74, 6) is -1.05. The molecule has 116 valence electrons.